The van der Waals surface area contributed by atoms with E-state index in [1.807, 2.05) is 6.92 Å². The normalized spacial score (nSPS) is 12.0. The van der Waals surface area contributed by atoms with Crippen molar-refractivity contribution >= 4 is 11.9 Å². The van der Waals surface area contributed by atoms with Gasteiger partial charge in [0.05, 0.1) is 30.1 Å². The van der Waals surface area contributed by atoms with E-state index >= 15 is 0 Å². The van der Waals surface area contributed by atoms with Gasteiger partial charge < -0.3 is 14.2 Å². The molecule has 1 atom stereocenters. The van der Waals surface area contributed by atoms with Crippen molar-refractivity contribution in [3.8, 4) is 22.9 Å². The van der Waals surface area contributed by atoms with E-state index in [-0.39, 0.29) is 17.7 Å². The fraction of sp³-hybridized carbons (Fsp3) is 0.538. The Morgan fingerprint density at radius 2 is 1.26 bits per heavy atom. The van der Waals surface area contributed by atoms with Crippen LogP contribution in [-0.4, -0.2) is 40.8 Å². The van der Waals surface area contributed by atoms with Gasteiger partial charge in [-0.1, -0.05) is 109 Å². The van der Waals surface area contributed by atoms with E-state index in [2.05, 4.69) is 21.6 Å². The van der Waals surface area contributed by atoms with Crippen LogP contribution in [0.2, 0.25) is 0 Å². The van der Waals surface area contributed by atoms with Gasteiger partial charge in [-0.15, -0.1) is 0 Å². The van der Waals surface area contributed by atoms with E-state index in [0.29, 0.717) is 30.2 Å². The van der Waals surface area contributed by atoms with Crippen LogP contribution in [0.1, 0.15) is 137 Å². The van der Waals surface area contributed by atoms with Gasteiger partial charge in [0.2, 0.25) is 0 Å². The van der Waals surface area contributed by atoms with Crippen molar-refractivity contribution < 1.29 is 41.4 Å². The van der Waals surface area contributed by atoms with E-state index in [9.17, 15) is 27.2 Å². The summed E-state index contributed by atoms with van der Waals surface area (Å²) in [5.41, 5.74) is 0.113. The number of alkyl halides is 3. The molecule has 0 amide bonds. The summed E-state index contributed by atoms with van der Waals surface area (Å²) in [4.78, 5) is 33.9. The van der Waals surface area contributed by atoms with Gasteiger partial charge in [-0.05, 0) is 43.5 Å². The lowest BCUT2D eigenvalue weighted by molar-refractivity contribution is -0.206. The van der Waals surface area contributed by atoms with Crippen molar-refractivity contribution in [1.82, 2.24) is 9.97 Å². The molecule has 0 saturated heterocycles. The molecule has 11 heteroatoms. The Hall–Kier alpha value is -4.02. The minimum Gasteiger partial charge on any atom is -0.490 e. The topological polar surface area (TPSA) is 87.6 Å². The maximum Gasteiger partial charge on any atom is 0.425 e. The highest BCUT2D eigenvalue weighted by Crippen LogP contribution is 2.29. The molecule has 0 aliphatic heterocycles. The number of hydrogen-bond acceptors (Lipinski definition) is 7. The molecule has 0 radical (unpaired) electrons. The molecule has 3 rings (SSSR count). The van der Waals surface area contributed by atoms with Gasteiger partial charge in [0.25, 0.3) is 0 Å². The summed E-state index contributed by atoms with van der Waals surface area (Å²) in [6.45, 7) is 4.87. The first-order chi connectivity index (χ1) is 24.1. The first-order valence-electron chi connectivity index (χ1n) is 18.0. The smallest absolute Gasteiger partial charge is 0.425 e. The standard InChI is InChI=1S/C39H50F4N2O5/c1-3-5-7-9-11-12-13-15-17-25-48-32-27-44-36(45-28-32)29-19-21-30(22-20-29)37(46)49-31-23-24-33(34(40)26-31)38(47)50-35(39(41,42)43)18-16-14-10-8-6-4-2/h19-24,26-28,35H,3-18,25H2,1-2H3. The molecule has 0 aliphatic carbocycles. The molecule has 1 unspecified atom stereocenters. The zero-order valence-electron chi connectivity index (χ0n) is 29.2. The van der Waals surface area contributed by atoms with Crippen LogP contribution in [0.5, 0.6) is 11.5 Å². The maximum absolute atomic E-state index is 14.8. The Labute approximate surface area is 293 Å². The molecular weight excluding hydrogens is 652 g/mol. The Morgan fingerprint density at radius 3 is 1.82 bits per heavy atom. The van der Waals surface area contributed by atoms with Crippen LogP contribution < -0.4 is 9.47 Å². The predicted molar refractivity (Wildman–Crippen MR) is 185 cm³/mol. The summed E-state index contributed by atoms with van der Waals surface area (Å²) >= 11 is 0. The molecule has 0 fully saturated rings. The number of nitrogens with zero attached hydrogens (tertiary/aromatic N) is 2. The van der Waals surface area contributed by atoms with Gasteiger partial charge >= 0.3 is 18.1 Å². The lowest BCUT2D eigenvalue weighted by Gasteiger charge is -2.21. The number of benzene rings is 2. The first kappa shape index (κ1) is 40.4. The zero-order valence-corrected chi connectivity index (χ0v) is 29.2. The van der Waals surface area contributed by atoms with E-state index in [0.717, 1.165) is 56.7 Å². The molecule has 3 aromatic rings. The van der Waals surface area contributed by atoms with Gasteiger partial charge in [0.1, 0.15) is 11.6 Å². The van der Waals surface area contributed by atoms with Crippen LogP contribution in [0.25, 0.3) is 11.4 Å². The highest BCUT2D eigenvalue weighted by atomic mass is 19.4. The average Bonchev–Trinajstić information content (AvgIpc) is 3.10. The molecule has 0 saturated carbocycles. The molecule has 0 aliphatic rings. The van der Waals surface area contributed by atoms with Gasteiger partial charge in [0, 0.05) is 11.6 Å². The van der Waals surface area contributed by atoms with Crippen LogP contribution in [0.3, 0.4) is 0 Å². The summed E-state index contributed by atoms with van der Waals surface area (Å²) in [5.74, 6) is -2.63. The molecule has 0 spiro atoms. The minimum absolute atomic E-state index is 0.154. The monoisotopic (exact) mass is 702 g/mol. The number of unbranched alkanes of at least 4 members (excludes halogenated alkanes) is 13. The first-order valence-corrected chi connectivity index (χ1v) is 18.0. The maximum atomic E-state index is 14.8. The van der Waals surface area contributed by atoms with Gasteiger partial charge in [-0.2, -0.15) is 13.2 Å². The fourth-order valence-corrected chi connectivity index (χ4v) is 5.38. The predicted octanol–water partition coefficient (Wildman–Crippen LogP) is 11.2. The largest absolute Gasteiger partial charge is 0.490 e. The fourth-order valence-electron chi connectivity index (χ4n) is 5.38. The quantitative estimate of drug-likeness (QED) is 0.0421. The Bertz CT molecular complexity index is 1430. The molecule has 1 heterocycles. The van der Waals surface area contributed by atoms with E-state index in [1.165, 1.54) is 57.1 Å². The van der Waals surface area contributed by atoms with Crippen LogP contribution in [0, 0.1) is 5.82 Å². The second-order valence-electron chi connectivity index (χ2n) is 12.5. The van der Waals surface area contributed by atoms with Crippen molar-refractivity contribution in [2.24, 2.45) is 0 Å². The van der Waals surface area contributed by atoms with Crippen LogP contribution in [-0.2, 0) is 4.74 Å². The molecular formula is C39H50F4N2O5. The lowest BCUT2D eigenvalue weighted by atomic mass is 10.1. The number of hydrogen-bond donors (Lipinski definition) is 0. The number of rotatable bonds is 23. The van der Waals surface area contributed by atoms with E-state index in [1.54, 1.807) is 24.5 Å². The van der Waals surface area contributed by atoms with Crippen molar-refractivity contribution in [2.75, 3.05) is 6.61 Å². The number of carbonyl (C=O) groups is 2. The second-order valence-corrected chi connectivity index (χ2v) is 12.5. The minimum atomic E-state index is -4.78. The third-order valence-corrected chi connectivity index (χ3v) is 8.33. The second kappa shape index (κ2) is 21.9. The van der Waals surface area contributed by atoms with Crippen molar-refractivity contribution in [1.29, 1.82) is 0 Å². The van der Waals surface area contributed by atoms with Gasteiger partial charge in [-0.3, -0.25) is 0 Å². The molecule has 50 heavy (non-hydrogen) atoms. The molecule has 1 aromatic heterocycles. The van der Waals surface area contributed by atoms with Gasteiger partial charge in [-0.25, -0.2) is 23.9 Å². The van der Waals surface area contributed by atoms with Crippen molar-refractivity contribution in [3.63, 3.8) is 0 Å². The number of carbonyl (C=O) groups excluding carboxylic acids is 2. The highest BCUT2D eigenvalue weighted by Gasteiger charge is 2.42. The molecule has 274 valence electrons. The highest BCUT2D eigenvalue weighted by molar-refractivity contribution is 5.92. The summed E-state index contributed by atoms with van der Waals surface area (Å²) in [6, 6.07) is 9.08. The van der Waals surface area contributed by atoms with Crippen molar-refractivity contribution in [3.05, 3.63) is 71.8 Å². The number of ether oxygens (including phenoxy) is 3. The Balaban J connectivity index is 1.46. The molecule has 0 bridgehead atoms. The van der Waals surface area contributed by atoms with Crippen LogP contribution in [0.15, 0.2) is 54.9 Å². The zero-order chi connectivity index (χ0) is 36.2. The molecule has 2 aromatic carbocycles. The third kappa shape index (κ3) is 14.5. The molecule has 0 N–H and O–H groups in total. The third-order valence-electron chi connectivity index (χ3n) is 8.33. The Kier molecular flexibility index (Phi) is 17.7. The van der Waals surface area contributed by atoms with Crippen LogP contribution in [0.4, 0.5) is 17.6 Å². The number of aromatic nitrogens is 2. The summed E-state index contributed by atoms with van der Waals surface area (Å²) in [7, 11) is 0. The van der Waals surface area contributed by atoms with E-state index < -0.39 is 42.0 Å². The Morgan fingerprint density at radius 1 is 0.700 bits per heavy atom. The molecule has 7 nitrogen and oxygen atoms in total. The van der Waals surface area contributed by atoms with E-state index in [4.69, 9.17) is 9.47 Å². The van der Waals surface area contributed by atoms with Crippen LogP contribution >= 0.6 is 0 Å². The average molecular weight is 703 g/mol. The lowest BCUT2D eigenvalue weighted by Crippen LogP contribution is -2.34. The SMILES string of the molecule is CCCCCCCCCCCOc1cnc(-c2ccc(C(=O)Oc3ccc(C(=O)OC(CCCCCCCC)C(F)(F)F)c(F)c3)cc2)nc1. The number of esters is 2. The van der Waals surface area contributed by atoms with Crippen molar-refractivity contribution in [2.45, 2.75) is 129 Å². The van der Waals surface area contributed by atoms with Gasteiger partial charge in [0.15, 0.2) is 17.7 Å². The summed E-state index contributed by atoms with van der Waals surface area (Å²) < 4.78 is 71.0. The number of halogens is 4. The summed E-state index contributed by atoms with van der Waals surface area (Å²) in [6.07, 6.45) is 11.3. The summed E-state index contributed by atoms with van der Waals surface area (Å²) in [5, 5.41) is 0.